The summed E-state index contributed by atoms with van der Waals surface area (Å²) in [6, 6.07) is 9.38. The molecule has 3 rings (SSSR count). The molecule has 0 aliphatic carbocycles. The summed E-state index contributed by atoms with van der Waals surface area (Å²) in [4.78, 5) is 5.17. The molecule has 0 spiro atoms. The van der Waals surface area contributed by atoms with E-state index in [2.05, 4.69) is 41.0 Å². The molecule has 0 aromatic heterocycles. The Hall–Kier alpha value is -1.06. The van der Waals surface area contributed by atoms with E-state index in [9.17, 15) is 0 Å². The third-order valence-corrected chi connectivity index (χ3v) is 5.43. The molecule has 1 aromatic rings. The fourth-order valence-electron chi connectivity index (χ4n) is 4.03. The lowest BCUT2D eigenvalue weighted by Crippen LogP contribution is -2.33. The Kier molecular flexibility index (Phi) is 6.35. The summed E-state index contributed by atoms with van der Waals surface area (Å²) in [5.74, 6) is 1.09. The van der Waals surface area contributed by atoms with Gasteiger partial charge in [-0.1, -0.05) is 31.5 Å². The smallest absolute Gasteiger partial charge is 0.123 e. The molecule has 128 valence electrons. The fourth-order valence-corrected chi connectivity index (χ4v) is 4.03. The molecule has 0 saturated carbocycles. The van der Waals surface area contributed by atoms with Gasteiger partial charge in [-0.15, -0.1) is 0 Å². The largest absolute Gasteiger partial charge is 0.492 e. The molecular weight excluding hydrogens is 284 g/mol. The SMILES string of the molecule is CC[C@@H]1CCCN1Cc1ccccc1OCCN1CCCCC1. The van der Waals surface area contributed by atoms with E-state index in [4.69, 9.17) is 4.74 Å². The summed E-state index contributed by atoms with van der Waals surface area (Å²) in [7, 11) is 0. The minimum atomic E-state index is 0.761. The van der Waals surface area contributed by atoms with Crippen LogP contribution in [0.2, 0.25) is 0 Å². The Morgan fingerprint density at radius 3 is 2.70 bits per heavy atom. The van der Waals surface area contributed by atoms with Crippen LogP contribution in [0.5, 0.6) is 5.75 Å². The van der Waals surface area contributed by atoms with Gasteiger partial charge in [0, 0.05) is 24.7 Å². The lowest BCUT2D eigenvalue weighted by atomic mass is 10.1. The lowest BCUT2D eigenvalue weighted by molar-refractivity contribution is 0.180. The van der Waals surface area contributed by atoms with Crippen molar-refractivity contribution in [1.82, 2.24) is 9.80 Å². The van der Waals surface area contributed by atoms with Crippen LogP contribution in [0.3, 0.4) is 0 Å². The first kappa shape index (κ1) is 16.8. The third-order valence-electron chi connectivity index (χ3n) is 5.43. The first-order chi connectivity index (χ1) is 11.4. The lowest BCUT2D eigenvalue weighted by Gasteiger charge is -2.27. The normalized spacial score (nSPS) is 23.3. The highest BCUT2D eigenvalue weighted by Gasteiger charge is 2.23. The van der Waals surface area contributed by atoms with E-state index in [1.807, 2.05) is 0 Å². The second-order valence-electron chi connectivity index (χ2n) is 7.03. The van der Waals surface area contributed by atoms with Crippen LogP contribution in [0.4, 0.5) is 0 Å². The van der Waals surface area contributed by atoms with Crippen molar-refractivity contribution >= 4 is 0 Å². The topological polar surface area (TPSA) is 15.7 Å². The number of para-hydroxylation sites is 1. The molecular formula is C20H32N2O. The third kappa shape index (κ3) is 4.71. The molecule has 0 unspecified atom stereocenters. The van der Waals surface area contributed by atoms with Gasteiger partial charge < -0.3 is 4.74 Å². The minimum Gasteiger partial charge on any atom is -0.492 e. The molecule has 1 aromatic carbocycles. The molecule has 2 fully saturated rings. The minimum absolute atomic E-state index is 0.761. The second kappa shape index (κ2) is 8.70. The Bertz CT molecular complexity index is 470. The van der Waals surface area contributed by atoms with Gasteiger partial charge in [-0.05, 0) is 57.8 Å². The number of nitrogens with zero attached hydrogens (tertiary/aromatic N) is 2. The zero-order valence-electron chi connectivity index (χ0n) is 14.7. The zero-order chi connectivity index (χ0) is 15.9. The molecule has 2 aliphatic heterocycles. The highest BCUT2D eigenvalue weighted by molar-refractivity contribution is 5.33. The van der Waals surface area contributed by atoms with Crippen LogP contribution in [0.1, 0.15) is 51.0 Å². The van der Waals surface area contributed by atoms with Crippen LogP contribution in [0.25, 0.3) is 0 Å². The Balaban J connectivity index is 1.52. The van der Waals surface area contributed by atoms with Gasteiger partial charge in [0.15, 0.2) is 0 Å². The molecule has 0 bridgehead atoms. The van der Waals surface area contributed by atoms with Crippen LogP contribution < -0.4 is 4.74 Å². The van der Waals surface area contributed by atoms with Gasteiger partial charge in [-0.25, -0.2) is 0 Å². The van der Waals surface area contributed by atoms with E-state index in [0.717, 1.165) is 31.5 Å². The second-order valence-corrected chi connectivity index (χ2v) is 7.03. The van der Waals surface area contributed by atoms with Crippen molar-refractivity contribution in [3.8, 4) is 5.75 Å². The average Bonchev–Trinajstić information content (AvgIpc) is 3.04. The van der Waals surface area contributed by atoms with E-state index in [0.29, 0.717) is 0 Å². The van der Waals surface area contributed by atoms with Gasteiger partial charge in [0.2, 0.25) is 0 Å². The summed E-state index contributed by atoms with van der Waals surface area (Å²) in [6.07, 6.45) is 8.06. The number of benzene rings is 1. The highest BCUT2D eigenvalue weighted by atomic mass is 16.5. The first-order valence-corrected chi connectivity index (χ1v) is 9.54. The van der Waals surface area contributed by atoms with E-state index in [-0.39, 0.29) is 0 Å². The van der Waals surface area contributed by atoms with Crippen LogP contribution >= 0.6 is 0 Å². The summed E-state index contributed by atoms with van der Waals surface area (Å²) in [6.45, 7) is 8.96. The maximum absolute atomic E-state index is 6.15. The predicted molar refractivity (Wildman–Crippen MR) is 96.0 cm³/mol. The number of hydrogen-bond acceptors (Lipinski definition) is 3. The summed E-state index contributed by atoms with van der Waals surface area (Å²) >= 11 is 0. The standard InChI is InChI=1S/C20H32N2O/c1-2-19-10-8-14-22(19)17-18-9-4-5-11-20(18)23-16-15-21-12-6-3-7-13-21/h4-5,9,11,19H,2-3,6-8,10,12-17H2,1H3/t19-/m1/s1. The maximum atomic E-state index is 6.15. The van der Waals surface area contributed by atoms with Gasteiger partial charge in [-0.2, -0.15) is 0 Å². The summed E-state index contributed by atoms with van der Waals surface area (Å²) < 4.78 is 6.15. The van der Waals surface area contributed by atoms with Crippen molar-refractivity contribution in [2.75, 3.05) is 32.8 Å². The van der Waals surface area contributed by atoms with Gasteiger partial charge in [0.25, 0.3) is 0 Å². The Morgan fingerprint density at radius 1 is 1.04 bits per heavy atom. The molecule has 0 radical (unpaired) electrons. The van der Waals surface area contributed by atoms with Crippen molar-refractivity contribution in [2.24, 2.45) is 0 Å². The van der Waals surface area contributed by atoms with E-state index < -0.39 is 0 Å². The Morgan fingerprint density at radius 2 is 1.87 bits per heavy atom. The van der Waals surface area contributed by atoms with Gasteiger partial charge >= 0.3 is 0 Å². The zero-order valence-corrected chi connectivity index (χ0v) is 14.7. The van der Waals surface area contributed by atoms with E-state index in [1.165, 1.54) is 63.7 Å². The van der Waals surface area contributed by atoms with Crippen molar-refractivity contribution < 1.29 is 4.74 Å². The molecule has 2 aliphatic rings. The summed E-state index contributed by atoms with van der Waals surface area (Å²) in [5.41, 5.74) is 1.35. The maximum Gasteiger partial charge on any atom is 0.123 e. The van der Waals surface area contributed by atoms with E-state index in [1.54, 1.807) is 0 Å². The van der Waals surface area contributed by atoms with Gasteiger partial charge in [-0.3, -0.25) is 9.80 Å². The molecule has 0 N–H and O–H groups in total. The van der Waals surface area contributed by atoms with E-state index >= 15 is 0 Å². The molecule has 3 nitrogen and oxygen atoms in total. The van der Waals surface area contributed by atoms with Crippen molar-refractivity contribution in [3.05, 3.63) is 29.8 Å². The highest BCUT2D eigenvalue weighted by Crippen LogP contribution is 2.26. The number of likely N-dealkylation sites (tertiary alicyclic amines) is 2. The van der Waals surface area contributed by atoms with Crippen molar-refractivity contribution in [1.29, 1.82) is 0 Å². The summed E-state index contributed by atoms with van der Waals surface area (Å²) in [5, 5.41) is 0. The molecule has 2 saturated heterocycles. The van der Waals surface area contributed by atoms with Gasteiger partial charge in [0.05, 0.1) is 0 Å². The number of piperidine rings is 1. The van der Waals surface area contributed by atoms with Crippen LogP contribution in [0.15, 0.2) is 24.3 Å². The van der Waals surface area contributed by atoms with Gasteiger partial charge in [0.1, 0.15) is 12.4 Å². The number of ether oxygens (including phenoxy) is 1. The fraction of sp³-hybridized carbons (Fsp3) is 0.700. The van der Waals surface area contributed by atoms with Crippen LogP contribution in [-0.4, -0.2) is 48.6 Å². The number of hydrogen-bond donors (Lipinski definition) is 0. The molecule has 0 amide bonds. The van der Waals surface area contributed by atoms with Crippen molar-refractivity contribution in [2.45, 2.75) is 58.0 Å². The average molecular weight is 316 g/mol. The monoisotopic (exact) mass is 316 g/mol. The number of rotatable bonds is 7. The molecule has 1 atom stereocenters. The van der Waals surface area contributed by atoms with Crippen molar-refractivity contribution in [3.63, 3.8) is 0 Å². The first-order valence-electron chi connectivity index (χ1n) is 9.54. The molecule has 2 heterocycles. The molecule has 23 heavy (non-hydrogen) atoms. The van der Waals surface area contributed by atoms with Crippen LogP contribution in [-0.2, 0) is 6.54 Å². The Labute approximate surface area is 141 Å². The quantitative estimate of drug-likeness (QED) is 0.758. The molecule has 3 heteroatoms. The van der Waals surface area contributed by atoms with Crippen LogP contribution in [0, 0.1) is 0 Å². The predicted octanol–water partition coefficient (Wildman–Crippen LogP) is 3.93.